The van der Waals surface area contributed by atoms with Crippen molar-refractivity contribution in [1.29, 1.82) is 10.8 Å². The second-order valence-electron chi connectivity index (χ2n) is 1.32. The Labute approximate surface area is 46.0 Å². The van der Waals surface area contributed by atoms with Crippen LogP contribution in [0.3, 0.4) is 0 Å². The molecule has 1 heterocycles. The molecule has 1 rings (SSSR count). The van der Waals surface area contributed by atoms with Crippen LogP contribution in [-0.4, -0.2) is 23.9 Å². The number of nitrogens with zero attached hydrogens (tertiary/aromatic N) is 2. The molecule has 0 atom stereocenters. The average Bonchev–Trinajstić information content (AvgIpc) is 1.77. The van der Waals surface area contributed by atoms with Gasteiger partial charge in [0.25, 0.3) is 0 Å². The summed E-state index contributed by atoms with van der Waals surface area (Å²) < 4.78 is 0. The summed E-state index contributed by atoms with van der Waals surface area (Å²) in [5.74, 6) is 0. The number of hydrogen-bond donors (Lipinski definition) is 2. The third-order valence-corrected chi connectivity index (χ3v) is 0.731. The maximum Gasteiger partial charge on any atom is 0.101 e. The second kappa shape index (κ2) is 1.65. The lowest BCUT2D eigenvalue weighted by Gasteiger charge is -1.93. The summed E-state index contributed by atoms with van der Waals surface area (Å²) in [6.07, 6.45) is 2.48. The van der Waals surface area contributed by atoms with E-state index >= 15 is 0 Å². The van der Waals surface area contributed by atoms with Crippen LogP contribution in [-0.2, 0) is 0 Å². The van der Waals surface area contributed by atoms with Gasteiger partial charge in [0.1, 0.15) is 11.4 Å². The summed E-state index contributed by atoms with van der Waals surface area (Å²) in [6, 6.07) is 0. The Bertz CT molecular complexity index is 166. The van der Waals surface area contributed by atoms with E-state index in [2.05, 4.69) is 10.2 Å². The minimum Gasteiger partial charge on any atom is -0.297 e. The van der Waals surface area contributed by atoms with Crippen molar-refractivity contribution in [3.8, 4) is 0 Å². The largest absolute Gasteiger partial charge is 0.297 e. The first-order valence-electron chi connectivity index (χ1n) is 2.04. The van der Waals surface area contributed by atoms with Gasteiger partial charge in [0.15, 0.2) is 0 Å². The molecule has 40 valence electrons. The van der Waals surface area contributed by atoms with E-state index in [0.717, 1.165) is 0 Å². The molecule has 0 aromatic rings. The topological polar surface area (TPSA) is 72.4 Å². The molecule has 0 spiro atoms. The first-order valence-corrected chi connectivity index (χ1v) is 2.04. The Morgan fingerprint density at radius 1 is 1.00 bits per heavy atom. The Hall–Kier alpha value is -1.32. The molecule has 0 radical (unpaired) electrons. The van der Waals surface area contributed by atoms with Crippen molar-refractivity contribution in [3.63, 3.8) is 0 Å². The maximum atomic E-state index is 6.93. The van der Waals surface area contributed by atoms with Gasteiger partial charge in [0.2, 0.25) is 0 Å². The highest BCUT2D eigenvalue weighted by Gasteiger charge is 2.00. The van der Waals surface area contributed by atoms with Crippen LogP contribution in [0, 0.1) is 10.8 Å². The number of hydrogen-bond acceptors (Lipinski definition) is 4. The van der Waals surface area contributed by atoms with Gasteiger partial charge in [0.05, 0.1) is 12.4 Å². The molecule has 0 saturated heterocycles. The molecule has 0 bridgehead atoms. The molecule has 0 fully saturated rings. The minimum atomic E-state index is 0.111. The van der Waals surface area contributed by atoms with E-state index in [1.54, 1.807) is 0 Å². The Morgan fingerprint density at radius 2 is 1.38 bits per heavy atom. The van der Waals surface area contributed by atoms with Gasteiger partial charge < -0.3 is 0 Å². The van der Waals surface area contributed by atoms with Gasteiger partial charge in [-0.05, 0) is 0 Å². The third kappa shape index (κ3) is 0.676. The number of rotatable bonds is 0. The van der Waals surface area contributed by atoms with E-state index in [-0.39, 0.29) is 11.4 Å². The summed E-state index contributed by atoms with van der Waals surface area (Å²) >= 11 is 0. The molecule has 1 aliphatic heterocycles. The van der Waals surface area contributed by atoms with Gasteiger partial charge in [-0.25, -0.2) is 0 Å². The first kappa shape index (κ1) is 4.83. The fourth-order valence-electron chi connectivity index (χ4n) is 0.321. The summed E-state index contributed by atoms with van der Waals surface area (Å²) in [5, 5.41) is 20.6. The van der Waals surface area contributed by atoms with Gasteiger partial charge in [-0.15, -0.1) is 0 Å². The standard InChI is InChI=1S/C4H4N4/c5-3-1-7-8-2-4(3)6/h1-2,5-6H. The van der Waals surface area contributed by atoms with E-state index in [0.29, 0.717) is 0 Å². The summed E-state index contributed by atoms with van der Waals surface area (Å²) in [6.45, 7) is 0. The predicted octanol–water partition coefficient (Wildman–Crippen LogP) is 0.0961. The zero-order valence-corrected chi connectivity index (χ0v) is 4.05. The molecule has 4 heteroatoms. The van der Waals surface area contributed by atoms with E-state index < -0.39 is 0 Å². The Morgan fingerprint density at radius 3 is 1.62 bits per heavy atom. The quantitative estimate of drug-likeness (QED) is 0.441. The van der Waals surface area contributed by atoms with Gasteiger partial charge in [-0.1, -0.05) is 0 Å². The molecule has 4 nitrogen and oxygen atoms in total. The Kier molecular flexibility index (Phi) is 0.997. The van der Waals surface area contributed by atoms with Crippen LogP contribution < -0.4 is 0 Å². The van der Waals surface area contributed by atoms with Crippen LogP contribution in [0.2, 0.25) is 0 Å². The minimum absolute atomic E-state index is 0.111. The van der Waals surface area contributed by atoms with E-state index in [9.17, 15) is 0 Å². The number of nitrogens with one attached hydrogen (secondary N) is 2. The van der Waals surface area contributed by atoms with Crippen LogP contribution in [0.25, 0.3) is 0 Å². The van der Waals surface area contributed by atoms with Crippen LogP contribution >= 0.6 is 0 Å². The van der Waals surface area contributed by atoms with E-state index in [1.165, 1.54) is 12.4 Å². The highest BCUT2D eigenvalue weighted by atomic mass is 15.2. The van der Waals surface area contributed by atoms with Crippen molar-refractivity contribution in [2.45, 2.75) is 0 Å². The van der Waals surface area contributed by atoms with Crippen molar-refractivity contribution in [2.75, 3.05) is 0 Å². The summed E-state index contributed by atoms with van der Waals surface area (Å²) in [4.78, 5) is 0. The SMILES string of the molecule is N=C1C=NN=CC1=N. The third-order valence-electron chi connectivity index (χ3n) is 0.731. The molecule has 0 aliphatic carbocycles. The zero-order valence-electron chi connectivity index (χ0n) is 4.05. The molecule has 8 heavy (non-hydrogen) atoms. The molecular formula is C4H4N4. The highest BCUT2D eigenvalue weighted by Crippen LogP contribution is 1.81. The van der Waals surface area contributed by atoms with Crippen LogP contribution in [0.5, 0.6) is 0 Å². The lowest BCUT2D eigenvalue weighted by molar-refractivity contribution is 1.27. The van der Waals surface area contributed by atoms with Gasteiger partial charge in [-0.2, -0.15) is 10.2 Å². The molecular weight excluding hydrogens is 104 g/mol. The Balaban J connectivity index is 2.89. The maximum absolute atomic E-state index is 6.93. The van der Waals surface area contributed by atoms with Gasteiger partial charge in [0, 0.05) is 0 Å². The van der Waals surface area contributed by atoms with Crippen molar-refractivity contribution >= 4 is 23.9 Å². The van der Waals surface area contributed by atoms with Crippen molar-refractivity contribution < 1.29 is 0 Å². The smallest absolute Gasteiger partial charge is 0.101 e. The molecule has 0 amide bonds. The van der Waals surface area contributed by atoms with Gasteiger partial charge >= 0.3 is 0 Å². The molecule has 0 unspecified atom stereocenters. The fraction of sp³-hybridized carbons (Fsp3) is 0. The molecule has 0 saturated carbocycles. The monoisotopic (exact) mass is 108 g/mol. The average molecular weight is 108 g/mol. The van der Waals surface area contributed by atoms with Crippen molar-refractivity contribution in [3.05, 3.63) is 0 Å². The van der Waals surface area contributed by atoms with E-state index in [4.69, 9.17) is 10.8 Å². The lowest BCUT2D eigenvalue weighted by atomic mass is 10.2. The van der Waals surface area contributed by atoms with Gasteiger partial charge in [-0.3, -0.25) is 10.8 Å². The van der Waals surface area contributed by atoms with Crippen LogP contribution in [0.15, 0.2) is 10.2 Å². The van der Waals surface area contributed by atoms with E-state index in [1.807, 2.05) is 0 Å². The van der Waals surface area contributed by atoms with Crippen LogP contribution in [0.4, 0.5) is 0 Å². The summed E-state index contributed by atoms with van der Waals surface area (Å²) in [5.41, 5.74) is 0.222. The summed E-state index contributed by atoms with van der Waals surface area (Å²) in [7, 11) is 0. The molecule has 2 N–H and O–H groups in total. The van der Waals surface area contributed by atoms with Crippen molar-refractivity contribution in [1.82, 2.24) is 0 Å². The zero-order chi connectivity index (χ0) is 5.98. The van der Waals surface area contributed by atoms with Crippen LogP contribution in [0.1, 0.15) is 0 Å². The lowest BCUT2D eigenvalue weighted by Crippen LogP contribution is -2.16. The molecule has 1 aliphatic rings. The second-order valence-corrected chi connectivity index (χ2v) is 1.32. The molecule has 0 aromatic heterocycles. The van der Waals surface area contributed by atoms with Crippen molar-refractivity contribution in [2.24, 2.45) is 10.2 Å². The predicted molar refractivity (Wildman–Crippen MR) is 32.4 cm³/mol. The normalized spacial score (nSPS) is 17.5. The first-order chi connectivity index (χ1) is 3.80. The molecule has 0 aromatic carbocycles. The highest BCUT2D eigenvalue weighted by molar-refractivity contribution is 6.74. The fourth-order valence-corrected chi connectivity index (χ4v) is 0.321.